The number of amides is 1. The first-order chi connectivity index (χ1) is 9.54. The molecule has 2 rings (SSSR count). The number of H-pyrrole nitrogens is 1. The van der Waals surface area contributed by atoms with E-state index < -0.39 is 0 Å². The van der Waals surface area contributed by atoms with Crippen LogP contribution in [-0.2, 0) is 0 Å². The Morgan fingerprint density at radius 1 is 1.25 bits per heavy atom. The summed E-state index contributed by atoms with van der Waals surface area (Å²) in [5.41, 5.74) is 2.50. The van der Waals surface area contributed by atoms with E-state index in [0.717, 1.165) is 16.9 Å². The van der Waals surface area contributed by atoms with Crippen molar-refractivity contribution in [3.05, 3.63) is 63.6 Å². The lowest BCUT2D eigenvalue weighted by Gasteiger charge is -2.22. The second-order valence-electron chi connectivity index (χ2n) is 4.73. The van der Waals surface area contributed by atoms with Gasteiger partial charge in [-0.2, -0.15) is 0 Å². The second-order valence-corrected chi connectivity index (χ2v) is 4.73. The molecule has 0 radical (unpaired) electrons. The van der Waals surface area contributed by atoms with Crippen molar-refractivity contribution in [3.8, 4) is 0 Å². The van der Waals surface area contributed by atoms with E-state index in [4.69, 9.17) is 0 Å². The molecule has 1 aromatic heterocycles. The van der Waals surface area contributed by atoms with Gasteiger partial charge in [-0.3, -0.25) is 9.59 Å². The zero-order valence-corrected chi connectivity index (χ0v) is 11.9. The van der Waals surface area contributed by atoms with Crippen LogP contribution in [0.15, 0.2) is 41.3 Å². The van der Waals surface area contributed by atoms with Gasteiger partial charge in [0.1, 0.15) is 5.56 Å². The number of nitrogens with zero attached hydrogens (tertiary/aromatic N) is 1. The Labute approximate surface area is 118 Å². The first-order valence-electron chi connectivity index (χ1n) is 6.61. The standard InChI is InChI=1S/C16H18N2O2/c1-4-18(14-8-6-5-7-11(14)2)16(20)13-10-17-12(3)9-15(13)19/h5-10H,4H2,1-3H3,(H,17,19). The molecule has 0 bridgehead atoms. The third-order valence-electron chi connectivity index (χ3n) is 3.26. The van der Waals surface area contributed by atoms with E-state index in [1.165, 1.54) is 12.3 Å². The second kappa shape index (κ2) is 5.74. The number of nitrogens with one attached hydrogen (secondary N) is 1. The molecule has 0 saturated heterocycles. The number of aromatic amines is 1. The number of hydrogen-bond acceptors (Lipinski definition) is 2. The molecular formula is C16H18N2O2. The van der Waals surface area contributed by atoms with Crippen LogP contribution in [-0.4, -0.2) is 17.4 Å². The number of benzene rings is 1. The largest absolute Gasteiger partial charge is 0.364 e. The molecule has 0 aliphatic carbocycles. The Morgan fingerprint density at radius 3 is 2.55 bits per heavy atom. The molecule has 0 fully saturated rings. The maximum Gasteiger partial charge on any atom is 0.263 e. The van der Waals surface area contributed by atoms with Crippen molar-refractivity contribution in [3.63, 3.8) is 0 Å². The average Bonchev–Trinajstić information content (AvgIpc) is 2.41. The van der Waals surface area contributed by atoms with Gasteiger partial charge in [-0.15, -0.1) is 0 Å². The molecule has 1 N–H and O–H groups in total. The number of para-hydroxylation sites is 1. The maximum absolute atomic E-state index is 12.6. The summed E-state index contributed by atoms with van der Waals surface area (Å²) in [6.45, 7) is 6.14. The van der Waals surface area contributed by atoms with E-state index in [1.807, 2.05) is 38.1 Å². The van der Waals surface area contributed by atoms with E-state index in [0.29, 0.717) is 6.54 Å². The fraction of sp³-hybridized carbons (Fsp3) is 0.250. The Morgan fingerprint density at radius 2 is 1.95 bits per heavy atom. The molecule has 0 aliphatic heterocycles. The van der Waals surface area contributed by atoms with Gasteiger partial charge in [-0.05, 0) is 32.4 Å². The molecule has 0 spiro atoms. The predicted octanol–water partition coefficient (Wildman–Crippen LogP) is 2.66. The summed E-state index contributed by atoms with van der Waals surface area (Å²) in [6, 6.07) is 9.09. The molecule has 4 heteroatoms. The predicted molar refractivity (Wildman–Crippen MR) is 80.3 cm³/mol. The van der Waals surface area contributed by atoms with Crippen LogP contribution >= 0.6 is 0 Å². The fourth-order valence-corrected chi connectivity index (χ4v) is 2.18. The quantitative estimate of drug-likeness (QED) is 0.932. The normalized spacial score (nSPS) is 10.3. The van der Waals surface area contributed by atoms with Gasteiger partial charge in [-0.25, -0.2) is 0 Å². The number of carbonyl (C=O) groups excluding carboxylic acids is 1. The lowest BCUT2D eigenvalue weighted by Crippen LogP contribution is -2.34. The van der Waals surface area contributed by atoms with Gasteiger partial charge in [0.15, 0.2) is 5.43 Å². The van der Waals surface area contributed by atoms with Crippen molar-refractivity contribution in [1.29, 1.82) is 0 Å². The Kier molecular flexibility index (Phi) is 4.03. The monoisotopic (exact) mass is 270 g/mol. The molecule has 4 nitrogen and oxygen atoms in total. The SMILES string of the molecule is CCN(C(=O)c1c[nH]c(C)cc1=O)c1ccccc1C. The number of hydrogen-bond donors (Lipinski definition) is 1. The molecule has 0 atom stereocenters. The van der Waals surface area contributed by atoms with Crippen LogP contribution < -0.4 is 10.3 Å². The van der Waals surface area contributed by atoms with Crippen LogP contribution in [0.2, 0.25) is 0 Å². The molecule has 0 saturated carbocycles. The van der Waals surface area contributed by atoms with Gasteiger partial charge in [0.25, 0.3) is 5.91 Å². The molecule has 1 aromatic carbocycles. The minimum Gasteiger partial charge on any atom is -0.364 e. The molecule has 2 aromatic rings. The van der Waals surface area contributed by atoms with Crippen LogP contribution in [0, 0.1) is 13.8 Å². The summed E-state index contributed by atoms with van der Waals surface area (Å²) in [4.78, 5) is 29.1. The molecule has 1 amide bonds. The zero-order valence-electron chi connectivity index (χ0n) is 11.9. The van der Waals surface area contributed by atoms with Crippen molar-refractivity contribution in [2.75, 3.05) is 11.4 Å². The summed E-state index contributed by atoms with van der Waals surface area (Å²) in [7, 11) is 0. The summed E-state index contributed by atoms with van der Waals surface area (Å²) in [6.07, 6.45) is 1.49. The highest BCUT2D eigenvalue weighted by Gasteiger charge is 2.19. The number of carbonyl (C=O) groups is 1. The van der Waals surface area contributed by atoms with E-state index >= 15 is 0 Å². The van der Waals surface area contributed by atoms with Gasteiger partial charge < -0.3 is 9.88 Å². The molecule has 0 unspecified atom stereocenters. The number of aromatic nitrogens is 1. The number of aryl methyl sites for hydroxylation is 2. The lowest BCUT2D eigenvalue weighted by atomic mass is 10.1. The van der Waals surface area contributed by atoms with Crippen LogP contribution in [0.5, 0.6) is 0 Å². The van der Waals surface area contributed by atoms with Gasteiger partial charge in [-0.1, -0.05) is 18.2 Å². The number of rotatable bonds is 3. The highest BCUT2D eigenvalue weighted by molar-refractivity contribution is 6.06. The summed E-state index contributed by atoms with van der Waals surface area (Å²) in [5.74, 6) is -0.275. The minimum atomic E-state index is -0.275. The highest BCUT2D eigenvalue weighted by atomic mass is 16.2. The molecule has 0 aliphatic rings. The first kappa shape index (κ1) is 14.1. The van der Waals surface area contributed by atoms with E-state index in [9.17, 15) is 9.59 Å². The van der Waals surface area contributed by atoms with Crippen molar-refractivity contribution in [1.82, 2.24) is 4.98 Å². The third-order valence-corrected chi connectivity index (χ3v) is 3.26. The highest BCUT2D eigenvalue weighted by Crippen LogP contribution is 2.20. The molecular weight excluding hydrogens is 252 g/mol. The Balaban J connectivity index is 2.45. The van der Waals surface area contributed by atoms with Crippen LogP contribution in [0.4, 0.5) is 5.69 Å². The smallest absolute Gasteiger partial charge is 0.263 e. The van der Waals surface area contributed by atoms with Gasteiger partial charge in [0, 0.05) is 30.2 Å². The van der Waals surface area contributed by atoms with Crippen LogP contribution in [0.25, 0.3) is 0 Å². The van der Waals surface area contributed by atoms with Gasteiger partial charge >= 0.3 is 0 Å². The summed E-state index contributed by atoms with van der Waals surface area (Å²) in [5, 5.41) is 0. The van der Waals surface area contributed by atoms with E-state index in [1.54, 1.807) is 11.8 Å². The third kappa shape index (κ3) is 2.64. The van der Waals surface area contributed by atoms with Crippen molar-refractivity contribution < 1.29 is 4.79 Å². The number of pyridine rings is 1. The van der Waals surface area contributed by atoms with Gasteiger partial charge in [0.05, 0.1) is 0 Å². The molecule has 1 heterocycles. The minimum absolute atomic E-state index is 0.167. The van der Waals surface area contributed by atoms with Crippen molar-refractivity contribution in [2.45, 2.75) is 20.8 Å². The first-order valence-corrected chi connectivity index (χ1v) is 6.61. The summed E-state index contributed by atoms with van der Waals surface area (Å²) < 4.78 is 0. The lowest BCUT2D eigenvalue weighted by molar-refractivity contribution is 0.0987. The Hall–Kier alpha value is -2.36. The fourth-order valence-electron chi connectivity index (χ4n) is 2.18. The summed E-state index contributed by atoms with van der Waals surface area (Å²) >= 11 is 0. The molecule has 104 valence electrons. The van der Waals surface area contributed by atoms with E-state index in [-0.39, 0.29) is 16.9 Å². The van der Waals surface area contributed by atoms with Gasteiger partial charge in [0.2, 0.25) is 0 Å². The van der Waals surface area contributed by atoms with Crippen LogP contribution in [0.3, 0.4) is 0 Å². The number of anilines is 1. The zero-order chi connectivity index (χ0) is 14.7. The topological polar surface area (TPSA) is 53.2 Å². The Bertz CT molecular complexity index is 689. The van der Waals surface area contributed by atoms with E-state index in [2.05, 4.69) is 4.98 Å². The van der Waals surface area contributed by atoms with Crippen molar-refractivity contribution >= 4 is 11.6 Å². The molecule has 20 heavy (non-hydrogen) atoms. The maximum atomic E-state index is 12.6. The van der Waals surface area contributed by atoms with Crippen molar-refractivity contribution in [2.24, 2.45) is 0 Å². The average molecular weight is 270 g/mol. The van der Waals surface area contributed by atoms with Crippen LogP contribution in [0.1, 0.15) is 28.5 Å².